The SMILES string of the molecule is O=[N+]([O-])C1(c2ccccc2)C=CC(OC(F)(F)F)=CC1. The molecule has 0 radical (unpaired) electrons. The minimum atomic E-state index is -4.81. The average Bonchev–Trinajstić information content (AvgIpc) is 2.39. The number of nitro groups is 1. The van der Waals surface area contributed by atoms with Crippen LogP contribution in [-0.4, -0.2) is 11.3 Å². The minimum Gasteiger partial charge on any atom is -0.406 e. The zero-order valence-electron chi connectivity index (χ0n) is 10.1. The van der Waals surface area contributed by atoms with Crippen molar-refractivity contribution in [2.45, 2.75) is 18.3 Å². The van der Waals surface area contributed by atoms with E-state index < -0.39 is 22.6 Å². The van der Waals surface area contributed by atoms with Gasteiger partial charge in [-0.2, -0.15) is 0 Å². The lowest BCUT2D eigenvalue weighted by Gasteiger charge is -2.24. The van der Waals surface area contributed by atoms with Crippen LogP contribution in [0.4, 0.5) is 13.2 Å². The summed E-state index contributed by atoms with van der Waals surface area (Å²) in [6, 6.07) is 8.12. The molecule has 20 heavy (non-hydrogen) atoms. The van der Waals surface area contributed by atoms with Crippen LogP contribution in [0.25, 0.3) is 0 Å². The molecule has 0 N–H and O–H groups in total. The number of ether oxygens (including phenoxy) is 1. The fourth-order valence-electron chi connectivity index (χ4n) is 2.00. The van der Waals surface area contributed by atoms with Gasteiger partial charge < -0.3 is 4.74 Å². The number of halogens is 3. The lowest BCUT2D eigenvalue weighted by atomic mass is 9.84. The highest BCUT2D eigenvalue weighted by Gasteiger charge is 2.44. The third kappa shape index (κ3) is 2.81. The Labute approximate surface area is 112 Å². The van der Waals surface area contributed by atoms with E-state index in [4.69, 9.17) is 0 Å². The molecular weight excluding hydrogens is 275 g/mol. The monoisotopic (exact) mass is 285 g/mol. The molecule has 2 rings (SSSR count). The Balaban J connectivity index is 2.29. The minimum absolute atomic E-state index is 0.202. The van der Waals surface area contributed by atoms with Crippen molar-refractivity contribution in [1.82, 2.24) is 0 Å². The Morgan fingerprint density at radius 3 is 2.35 bits per heavy atom. The summed E-state index contributed by atoms with van der Waals surface area (Å²) in [5.74, 6) is -0.439. The fourth-order valence-corrected chi connectivity index (χ4v) is 2.00. The second kappa shape index (κ2) is 4.99. The second-order valence-corrected chi connectivity index (χ2v) is 4.24. The van der Waals surface area contributed by atoms with Crippen molar-refractivity contribution < 1.29 is 22.8 Å². The molecule has 1 unspecified atom stereocenters. The zero-order valence-corrected chi connectivity index (χ0v) is 10.1. The van der Waals surface area contributed by atoms with Gasteiger partial charge in [-0.15, -0.1) is 13.2 Å². The second-order valence-electron chi connectivity index (χ2n) is 4.24. The molecule has 0 fully saturated rings. The van der Waals surface area contributed by atoms with Crippen molar-refractivity contribution in [2.24, 2.45) is 0 Å². The van der Waals surface area contributed by atoms with Crippen molar-refractivity contribution in [1.29, 1.82) is 0 Å². The highest BCUT2D eigenvalue weighted by molar-refractivity contribution is 5.34. The van der Waals surface area contributed by atoms with Crippen molar-refractivity contribution in [3.05, 3.63) is 70.0 Å². The van der Waals surface area contributed by atoms with Crippen LogP contribution in [0.2, 0.25) is 0 Å². The van der Waals surface area contributed by atoms with Crippen LogP contribution in [-0.2, 0) is 10.3 Å². The van der Waals surface area contributed by atoms with E-state index in [9.17, 15) is 23.3 Å². The van der Waals surface area contributed by atoms with Crippen LogP contribution < -0.4 is 0 Å². The van der Waals surface area contributed by atoms with Gasteiger partial charge in [-0.05, 0) is 12.2 Å². The maximum Gasteiger partial charge on any atom is 0.573 e. The van der Waals surface area contributed by atoms with E-state index in [1.54, 1.807) is 30.3 Å². The molecule has 0 heterocycles. The van der Waals surface area contributed by atoms with Gasteiger partial charge in [0.2, 0.25) is 0 Å². The Kier molecular flexibility index (Phi) is 3.52. The first-order valence-electron chi connectivity index (χ1n) is 5.69. The van der Waals surface area contributed by atoms with Gasteiger partial charge in [0.05, 0.1) is 0 Å². The largest absolute Gasteiger partial charge is 0.573 e. The van der Waals surface area contributed by atoms with E-state index in [0.29, 0.717) is 5.56 Å². The summed E-state index contributed by atoms with van der Waals surface area (Å²) < 4.78 is 40.0. The number of benzene rings is 1. The van der Waals surface area contributed by atoms with Crippen molar-refractivity contribution >= 4 is 0 Å². The number of alkyl halides is 3. The van der Waals surface area contributed by atoms with Crippen LogP contribution in [0, 0.1) is 10.1 Å². The average molecular weight is 285 g/mol. The van der Waals surface area contributed by atoms with Crippen molar-refractivity contribution in [2.75, 3.05) is 0 Å². The molecule has 1 atom stereocenters. The molecule has 1 aliphatic carbocycles. The molecule has 0 bridgehead atoms. The van der Waals surface area contributed by atoms with Gasteiger partial charge in [0.25, 0.3) is 5.54 Å². The standard InChI is InChI=1S/C13H10F3NO3/c14-13(15,16)20-11-6-8-12(9-7-11,17(18)19)10-4-2-1-3-5-10/h1-8H,9H2. The van der Waals surface area contributed by atoms with E-state index >= 15 is 0 Å². The van der Waals surface area contributed by atoms with E-state index in [2.05, 4.69) is 4.74 Å². The molecule has 1 aromatic rings. The first-order chi connectivity index (χ1) is 9.33. The number of hydrogen-bond acceptors (Lipinski definition) is 3. The summed E-state index contributed by atoms with van der Waals surface area (Å²) in [5.41, 5.74) is -1.15. The topological polar surface area (TPSA) is 52.4 Å². The number of hydrogen-bond donors (Lipinski definition) is 0. The summed E-state index contributed by atoms with van der Waals surface area (Å²) in [6.07, 6.45) is -1.83. The molecule has 1 aliphatic rings. The lowest BCUT2D eigenvalue weighted by molar-refractivity contribution is -0.563. The zero-order chi connectivity index (χ0) is 14.8. The van der Waals surface area contributed by atoms with Crippen LogP contribution in [0.1, 0.15) is 12.0 Å². The summed E-state index contributed by atoms with van der Waals surface area (Å²) >= 11 is 0. The number of nitrogens with zero attached hydrogens (tertiary/aromatic N) is 1. The maximum absolute atomic E-state index is 12.1. The van der Waals surface area contributed by atoms with Gasteiger partial charge in [-0.3, -0.25) is 10.1 Å². The van der Waals surface area contributed by atoms with Gasteiger partial charge in [0.15, 0.2) is 0 Å². The smallest absolute Gasteiger partial charge is 0.406 e. The van der Waals surface area contributed by atoms with Gasteiger partial charge in [0, 0.05) is 23.0 Å². The maximum atomic E-state index is 12.1. The quantitative estimate of drug-likeness (QED) is 0.630. The van der Waals surface area contributed by atoms with Gasteiger partial charge in [-0.1, -0.05) is 30.3 Å². The van der Waals surface area contributed by atoms with Crippen molar-refractivity contribution in [3.63, 3.8) is 0 Å². The highest BCUT2D eigenvalue weighted by atomic mass is 19.4. The van der Waals surface area contributed by atoms with E-state index in [0.717, 1.165) is 18.2 Å². The Morgan fingerprint density at radius 1 is 1.25 bits per heavy atom. The van der Waals surface area contributed by atoms with Gasteiger partial charge in [0.1, 0.15) is 5.76 Å². The summed E-state index contributed by atoms with van der Waals surface area (Å²) in [4.78, 5) is 10.8. The van der Waals surface area contributed by atoms with Crippen LogP contribution in [0.15, 0.2) is 54.3 Å². The molecule has 0 saturated carbocycles. The van der Waals surface area contributed by atoms with Crippen LogP contribution >= 0.6 is 0 Å². The molecule has 0 spiro atoms. The summed E-state index contributed by atoms with van der Waals surface area (Å²) in [7, 11) is 0. The predicted molar refractivity (Wildman–Crippen MR) is 64.1 cm³/mol. The summed E-state index contributed by atoms with van der Waals surface area (Å²) in [6.45, 7) is 0. The molecule has 0 saturated heterocycles. The van der Waals surface area contributed by atoms with Crippen LogP contribution in [0.5, 0.6) is 0 Å². The normalized spacial score (nSPS) is 22.2. The number of rotatable bonds is 3. The molecule has 0 aliphatic heterocycles. The third-order valence-corrected chi connectivity index (χ3v) is 2.97. The molecule has 106 valence electrons. The Morgan fingerprint density at radius 2 is 1.90 bits per heavy atom. The van der Waals surface area contributed by atoms with Crippen molar-refractivity contribution in [3.8, 4) is 0 Å². The molecule has 1 aromatic carbocycles. The molecule has 4 nitrogen and oxygen atoms in total. The van der Waals surface area contributed by atoms with Gasteiger partial charge in [-0.25, -0.2) is 0 Å². The highest BCUT2D eigenvalue weighted by Crippen LogP contribution is 2.36. The van der Waals surface area contributed by atoms with E-state index in [1.165, 1.54) is 0 Å². The van der Waals surface area contributed by atoms with E-state index in [-0.39, 0.29) is 6.42 Å². The molecule has 7 heteroatoms. The summed E-state index contributed by atoms with van der Waals surface area (Å²) in [5, 5.41) is 11.3. The predicted octanol–water partition coefficient (Wildman–Crippen LogP) is 3.54. The van der Waals surface area contributed by atoms with E-state index in [1.807, 2.05) is 0 Å². The number of allylic oxidation sites excluding steroid dienone is 1. The molecular formula is C13H10F3NO3. The fraction of sp³-hybridized carbons (Fsp3) is 0.231. The lowest BCUT2D eigenvalue weighted by Crippen LogP contribution is -2.34. The first-order valence-corrected chi connectivity index (χ1v) is 5.69. The Bertz CT molecular complexity index is 566. The molecule has 0 amide bonds. The third-order valence-electron chi connectivity index (χ3n) is 2.97. The molecule has 0 aromatic heterocycles. The van der Waals surface area contributed by atoms with Crippen LogP contribution in [0.3, 0.4) is 0 Å². The Hall–Kier alpha value is -2.31. The first kappa shape index (κ1) is 14.1. The van der Waals surface area contributed by atoms with Gasteiger partial charge >= 0.3 is 6.36 Å².